The van der Waals surface area contributed by atoms with E-state index in [-0.39, 0.29) is 35.7 Å². The molecule has 0 radical (unpaired) electrons. The van der Waals surface area contributed by atoms with Gasteiger partial charge >= 0.3 is 0 Å². The zero-order valence-electron chi connectivity index (χ0n) is 14.8. The Morgan fingerprint density at radius 3 is 2.40 bits per heavy atom. The highest BCUT2D eigenvalue weighted by Crippen LogP contribution is 2.14. The summed E-state index contributed by atoms with van der Waals surface area (Å²) in [5, 5.41) is 0. The SMILES string of the molecule is CCC(C)C(N)C(=O)N1CCCN(C(=O)c2ccccc2F)CC1.Cl. The van der Waals surface area contributed by atoms with Gasteiger partial charge in [0.15, 0.2) is 0 Å². The number of nitrogens with two attached hydrogens (primary N) is 1. The summed E-state index contributed by atoms with van der Waals surface area (Å²) in [5.41, 5.74) is 6.11. The third kappa shape index (κ3) is 5.16. The quantitative estimate of drug-likeness (QED) is 0.883. The van der Waals surface area contributed by atoms with Gasteiger partial charge in [0.2, 0.25) is 5.91 Å². The molecule has 2 atom stereocenters. The van der Waals surface area contributed by atoms with E-state index in [9.17, 15) is 14.0 Å². The number of hydrogen-bond acceptors (Lipinski definition) is 3. The van der Waals surface area contributed by atoms with Crippen LogP contribution in [0, 0.1) is 11.7 Å². The van der Waals surface area contributed by atoms with E-state index in [0.29, 0.717) is 32.6 Å². The molecular weight excluding hydrogens is 345 g/mol. The number of rotatable bonds is 4. The highest BCUT2D eigenvalue weighted by molar-refractivity contribution is 5.94. The first-order valence-electron chi connectivity index (χ1n) is 8.53. The highest BCUT2D eigenvalue weighted by Gasteiger charge is 2.28. The Morgan fingerprint density at radius 2 is 1.76 bits per heavy atom. The van der Waals surface area contributed by atoms with Crippen molar-refractivity contribution < 1.29 is 14.0 Å². The van der Waals surface area contributed by atoms with Crippen LogP contribution in [0.1, 0.15) is 37.0 Å². The normalized spacial score (nSPS) is 17.3. The Balaban J connectivity index is 0.00000312. The monoisotopic (exact) mass is 371 g/mol. The van der Waals surface area contributed by atoms with Crippen LogP contribution in [0.4, 0.5) is 4.39 Å². The van der Waals surface area contributed by atoms with E-state index < -0.39 is 11.9 Å². The molecule has 1 aromatic carbocycles. The summed E-state index contributed by atoms with van der Waals surface area (Å²) in [6.07, 6.45) is 1.51. The van der Waals surface area contributed by atoms with E-state index in [1.165, 1.54) is 12.1 Å². The summed E-state index contributed by atoms with van der Waals surface area (Å²) in [6.45, 7) is 5.89. The van der Waals surface area contributed by atoms with Crippen LogP contribution in [0.15, 0.2) is 24.3 Å². The van der Waals surface area contributed by atoms with Crippen LogP contribution < -0.4 is 5.73 Å². The molecular formula is C18H27ClFN3O2. The average molecular weight is 372 g/mol. The number of nitrogens with zero attached hydrogens (tertiary/aromatic N) is 2. The molecule has 0 aromatic heterocycles. The lowest BCUT2D eigenvalue weighted by molar-refractivity contribution is -0.133. The Kier molecular flexibility index (Phi) is 8.32. The number of hydrogen-bond donors (Lipinski definition) is 1. The van der Waals surface area contributed by atoms with E-state index in [1.54, 1.807) is 21.9 Å². The molecule has 1 fully saturated rings. The first-order valence-corrected chi connectivity index (χ1v) is 8.53. The molecule has 0 aliphatic carbocycles. The van der Waals surface area contributed by atoms with Crippen molar-refractivity contribution in [3.8, 4) is 0 Å². The van der Waals surface area contributed by atoms with Crippen LogP contribution >= 0.6 is 12.4 Å². The molecule has 0 bridgehead atoms. The first-order chi connectivity index (χ1) is 11.5. The van der Waals surface area contributed by atoms with Crippen molar-refractivity contribution >= 4 is 24.2 Å². The van der Waals surface area contributed by atoms with Gasteiger partial charge < -0.3 is 15.5 Å². The van der Waals surface area contributed by atoms with Crippen LogP contribution in [0.5, 0.6) is 0 Å². The van der Waals surface area contributed by atoms with Crippen molar-refractivity contribution in [2.75, 3.05) is 26.2 Å². The Morgan fingerprint density at radius 1 is 1.16 bits per heavy atom. The topological polar surface area (TPSA) is 66.6 Å². The number of benzene rings is 1. The molecule has 2 unspecified atom stereocenters. The molecule has 7 heteroatoms. The summed E-state index contributed by atoms with van der Waals surface area (Å²) in [5.74, 6) is -0.784. The fraction of sp³-hybridized carbons (Fsp3) is 0.556. The van der Waals surface area contributed by atoms with Gasteiger partial charge in [-0.3, -0.25) is 9.59 Å². The maximum Gasteiger partial charge on any atom is 0.256 e. The van der Waals surface area contributed by atoms with Crippen molar-refractivity contribution in [3.63, 3.8) is 0 Å². The minimum absolute atomic E-state index is 0. The molecule has 25 heavy (non-hydrogen) atoms. The lowest BCUT2D eigenvalue weighted by Crippen LogP contribution is -2.48. The predicted molar refractivity (Wildman–Crippen MR) is 98.2 cm³/mol. The fourth-order valence-corrected chi connectivity index (χ4v) is 2.85. The predicted octanol–water partition coefficient (Wildman–Crippen LogP) is 2.30. The van der Waals surface area contributed by atoms with Crippen LogP contribution in [-0.4, -0.2) is 53.8 Å². The van der Waals surface area contributed by atoms with Crippen LogP contribution in [0.25, 0.3) is 0 Å². The Labute approximate surface area is 154 Å². The summed E-state index contributed by atoms with van der Waals surface area (Å²) < 4.78 is 13.8. The zero-order valence-corrected chi connectivity index (χ0v) is 15.6. The molecule has 1 aliphatic heterocycles. The minimum Gasteiger partial charge on any atom is -0.339 e. The second kappa shape index (κ2) is 9.73. The summed E-state index contributed by atoms with van der Waals surface area (Å²) in [6, 6.07) is 5.47. The van der Waals surface area contributed by atoms with Gasteiger partial charge in [-0.15, -0.1) is 12.4 Å². The molecule has 1 heterocycles. The first kappa shape index (κ1) is 21.4. The smallest absolute Gasteiger partial charge is 0.256 e. The van der Waals surface area contributed by atoms with E-state index >= 15 is 0 Å². The van der Waals surface area contributed by atoms with Gasteiger partial charge in [-0.2, -0.15) is 0 Å². The minimum atomic E-state index is -0.515. The molecule has 0 saturated carbocycles. The van der Waals surface area contributed by atoms with Gasteiger partial charge in [-0.25, -0.2) is 4.39 Å². The van der Waals surface area contributed by atoms with E-state index in [1.807, 2.05) is 13.8 Å². The Hall–Kier alpha value is -1.66. The molecule has 2 amide bonds. The molecule has 5 nitrogen and oxygen atoms in total. The van der Waals surface area contributed by atoms with Gasteiger partial charge in [0.25, 0.3) is 5.91 Å². The van der Waals surface area contributed by atoms with E-state index in [4.69, 9.17) is 5.73 Å². The number of amides is 2. The molecule has 0 spiro atoms. The largest absolute Gasteiger partial charge is 0.339 e. The maximum absolute atomic E-state index is 13.8. The van der Waals surface area contributed by atoms with Gasteiger partial charge in [-0.05, 0) is 24.5 Å². The van der Waals surface area contributed by atoms with Gasteiger partial charge in [0.05, 0.1) is 11.6 Å². The molecule has 140 valence electrons. The molecule has 1 saturated heterocycles. The summed E-state index contributed by atoms with van der Waals surface area (Å²) >= 11 is 0. The number of carbonyl (C=O) groups is 2. The zero-order chi connectivity index (χ0) is 17.7. The Bertz CT molecular complexity index is 599. The molecule has 1 aliphatic rings. The summed E-state index contributed by atoms with van der Waals surface area (Å²) in [7, 11) is 0. The van der Waals surface area contributed by atoms with Crippen molar-refractivity contribution in [2.45, 2.75) is 32.7 Å². The number of halogens is 2. The lowest BCUT2D eigenvalue weighted by atomic mass is 9.99. The van der Waals surface area contributed by atoms with Crippen molar-refractivity contribution in [2.24, 2.45) is 11.7 Å². The molecule has 2 rings (SSSR count). The maximum atomic E-state index is 13.8. The average Bonchev–Trinajstić information content (AvgIpc) is 2.85. The van der Waals surface area contributed by atoms with Gasteiger partial charge in [0.1, 0.15) is 5.82 Å². The number of carbonyl (C=O) groups excluding carboxylic acids is 2. The van der Waals surface area contributed by atoms with E-state index in [2.05, 4.69) is 0 Å². The van der Waals surface area contributed by atoms with Crippen LogP contribution in [0.3, 0.4) is 0 Å². The van der Waals surface area contributed by atoms with Crippen molar-refractivity contribution in [3.05, 3.63) is 35.6 Å². The van der Waals surface area contributed by atoms with Gasteiger partial charge in [0, 0.05) is 26.2 Å². The van der Waals surface area contributed by atoms with Crippen molar-refractivity contribution in [1.29, 1.82) is 0 Å². The highest BCUT2D eigenvalue weighted by atomic mass is 35.5. The fourth-order valence-electron chi connectivity index (χ4n) is 2.85. The summed E-state index contributed by atoms with van der Waals surface area (Å²) in [4.78, 5) is 28.3. The standard InChI is InChI=1S/C18H26FN3O2.ClH/c1-3-13(2)16(20)18(24)22-10-6-9-21(11-12-22)17(23)14-7-4-5-8-15(14)19;/h4-5,7-8,13,16H,3,6,9-12,20H2,1-2H3;1H. The van der Waals surface area contributed by atoms with Crippen LogP contribution in [0.2, 0.25) is 0 Å². The third-order valence-electron chi connectivity index (χ3n) is 4.74. The second-order valence-corrected chi connectivity index (χ2v) is 6.36. The van der Waals surface area contributed by atoms with Crippen LogP contribution in [-0.2, 0) is 4.79 Å². The lowest BCUT2D eigenvalue weighted by Gasteiger charge is -2.27. The van der Waals surface area contributed by atoms with Gasteiger partial charge in [-0.1, -0.05) is 32.4 Å². The second-order valence-electron chi connectivity index (χ2n) is 6.36. The van der Waals surface area contributed by atoms with E-state index in [0.717, 1.165) is 6.42 Å². The molecule has 1 aromatic rings. The molecule has 2 N–H and O–H groups in total. The third-order valence-corrected chi connectivity index (χ3v) is 4.74. The van der Waals surface area contributed by atoms with Crippen molar-refractivity contribution in [1.82, 2.24) is 9.80 Å².